The van der Waals surface area contributed by atoms with Gasteiger partial charge in [0, 0.05) is 6.04 Å². The van der Waals surface area contributed by atoms with Gasteiger partial charge in [0.2, 0.25) is 10.0 Å². The van der Waals surface area contributed by atoms with Crippen molar-refractivity contribution >= 4 is 10.0 Å². The van der Waals surface area contributed by atoms with E-state index in [1.807, 2.05) is 32.9 Å². The Morgan fingerprint density at radius 3 is 2.35 bits per heavy atom. The summed E-state index contributed by atoms with van der Waals surface area (Å²) in [5.74, 6) is 0.168. The van der Waals surface area contributed by atoms with Gasteiger partial charge in [0.15, 0.2) is 0 Å². The smallest absolute Gasteiger partial charge is 0.208 e. The summed E-state index contributed by atoms with van der Waals surface area (Å²) in [5, 5.41) is 0. The first kappa shape index (κ1) is 16.9. The van der Waals surface area contributed by atoms with Crippen LogP contribution < -0.4 is 4.72 Å². The predicted octanol–water partition coefficient (Wildman–Crippen LogP) is 3.65. The number of benzene rings is 1. The second-order valence-corrected chi connectivity index (χ2v) is 7.01. The fourth-order valence-electron chi connectivity index (χ4n) is 1.78. The standard InChI is InChI=1S/C16H25NO2S/c1-5-6-7-8-14(3)15(4)17-20(18,19)16-11-9-13(2)10-12-16/h7-12,14-15,17H,5-6H2,1-4H3/b8-7-/t14-,15+/m1/s1. The molecule has 1 rings (SSSR count). The maximum Gasteiger partial charge on any atom is 0.240 e. The van der Waals surface area contributed by atoms with E-state index in [-0.39, 0.29) is 12.0 Å². The van der Waals surface area contributed by atoms with E-state index in [1.54, 1.807) is 12.1 Å². The van der Waals surface area contributed by atoms with Gasteiger partial charge in [-0.3, -0.25) is 0 Å². The molecular weight excluding hydrogens is 270 g/mol. The molecule has 2 atom stereocenters. The number of sulfonamides is 1. The lowest BCUT2D eigenvalue weighted by atomic mass is 10.0. The van der Waals surface area contributed by atoms with Crippen LogP contribution in [0.25, 0.3) is 0 Å². The Balaban J connectivity index is 2.73. The lowest BCUT2D eigenvalue weighted by Crippen LogP contribution is -2.36. The zero-order chi connectivity index (χ0) is 15.2. The van der Waals surface area contributed by atoms with Crippen LogP contribution in [0.4, 0.5) is 0 Å². The van der Waals surface area contributed by atoms with Gasteiger partial charge < -0.3 is 0 Å². The Morgan fingerprint density at radius 1 is 1.20 bits per heavy atom. The van der Waals surface area contributed by atoms with Crippen molar-refractivity contribution in [2.24, 2.45) is 5.92 Å². The van der Waals surface area contributed by atoms with Crippen LogP contribution >= 0.6 is 0 Å². The molecule has 0 bridgehead atoms. The van der Waals surface area contributed by atoms with Gasteiger partial charge in [0.25, 0.3) is 0 Å². The van der Waals surface area contributed by atoms with E-state index in [4.69, 9.17) is 0 Å². The van der Waals surface area contributed by atoms with Crippen molar-refractivity contribution in [1.29, 1.82) is 0 Å². The zero-order valence-electron chi connectivity index (χ0n) is 12.8. The van der Waals surface area contributed by atoms with Crippen molar-refractivity contribution in [3.63, 3.8) is 0 Å². The molecule has 4 heteroatoms. The minimum absolute atomic E-state index is 0.130. The van der Waals surface area contributed by atoms with Crippen LogP contribution in [-0.2, 0) is 10.0 Å². The van der Waals surface area contributed by atoms with Crippen LogP contribution in [0, 0.1) is 12.8 Å². The van der Waals surface area contributed by atoms with Crippen molar-refractivity contribution in [3.05, 3.63) is 42.0 Å². The molecule has 0 amide bonds. The average Bonchev–Trinajstić information content (AvgIpc) is 2.38. The van der Waals surface area contributed by atoms with Crippen LogP contribution in [0.2, 0.25) is 0 Å². The highest BCUT2D eigenvalue weighted by Gasteiger charge is 2.19. The van der Waals surface area contributed by atoms with E-state index in [2.05, 4.69) is 23.8 Å². The fourth-order valence-corrected chi connectivity index (χ4v) is 3.12. The lowest BCUT2D eigenvalue weighted by Gasteiger charge is -2.18. The van der Waals surface area contributed by atoms with Gasteiger partial charge in [-0.05, 0) is 38.3 Å². The molecule has 0 heterocycles. The second kappa shape index (κ2) is 7.60. The number of rotatable bonds is 7. The van der Waals surface area contributed by atoms with E-state index >= 15 is 0 Å². The maximum absolute atomic E-state index is 12.3. The number of hydrogen-bond acceptors (Lipinski definition) is 2. The van der Waals surface area contributed by atoms with Crippen LogP contribution in [0.15, 0.2) is 41.3 Å². The third-order valence-electron chi connectivity index (χ3n) is 3.36. The van der Waals surface area contributed by atoms with E-state index in [1.165, 1.54) is 0 Å². The highest BCUT2D eigenvalue weighted by molar-refractivity contribution is 7.89. The number of nitrogens with one attached hydrogen (secondary N) is 1. The molecule has 1 aromatic rings. The molecule has 0 fully saturated rings. The maximum atomic E-state index is 12.3. The Kier molecular flexibility index (Phi) is 6.43. The molecule has 0 aliphatic carbocycles. The molecule has 0 spiro atoms. The topological polar surface area (TPSA) is 46.2 Å². The molecule has 0 saturated heterocycles. The van der Waals surface area contributed by atoms with E-state index < -0.39 is 10.0 Å². The molecule has 3 nitrogen and oxygen atoms in total. The minimum Gasteiger partial charge on any atom is -0.208 e. The molecule has 112 valence electrons. The second-order valence-electron chi connectivity index (χ2n) is 5.30. The van der Waals surface area contributed by atoms with Crippen molar-refractivity contribution in [2.75, 3.05) is 0 Å². The summed E-state index contributed by atoms with van der Waals surface area (Å²) in [7, 11) is -3.44. The van der Waals surface area contributed by atoms with Gasteiger partial charge in [-0.2, -0.15) is 0 Å². The monoisotopic (exact) mass is 295 g/mol. The Morgan fingerprint density at radius 2 is 1.80 bits per heavy atom. The first-order valence-electron chi connectivity index (χ1n) is 7.12. The van der Waals surface area contributed by atoms with Crippen LogP contribution in [-0.4, -0.2) is 14.5 Å². The quantitative estimate of drug-likeness (QED) is 0.780. The summed E-state index contributed by atoms with van der Waals surface area (Å²) in [6, 6.07) is 6.77. The van der Waals surface area contributed by atoms with E-state index in [0.717, 1.165) is 18.4 Å². The highest BCUT2D eigenvalue weighted by Crippen LogP contribution is 2.13. The molecule has 0 aromatic heterocycles. The summed E-state index contributed by atoms with van der Waals surface area (Å²) >= 11 is 0. The lowest BCUT2D eigenvalue weighted by molar-refractivity contribution is 0.508. The third kappa shape index (κ3) is 5.10. The molecule has 20 heavy (non-hydrogen) atoms. The van der Waals surface area contributed by atoms with Crippen molar-refractivity contribution in [1.82, 2.24) is 4.72 Å². The highest BCUT2D eigenvalue weighted by atomic mass is 32.2. The average molecular weight is 295 g/mol. The first-order chi connectivity index (χ1) is 9.36. The van der Waals surface area contributed by atoms with Crippen LogP contribution in [0.3, 0.4) is 0 Å². The Hall–Kier alpha value is -1.13. The number of aryl methyl sites for hydroxylation is 1. The van der Waals surface area contributed by atoms with Gasteiger partial charge in [0.05, 0.1) is 4.90 Å². The summed E-state index contributed by atoms with van der Waals surface area (Å²) < 4.78 is 27.2. The van der Waals surface area contributed by atoms with Gasteiger partial charge in [-0.15, -0.1) is 0 Å². The molecule has 1 aromatic carbocycles. The van der Waals surface area contributed by atoms with E-state index in [0.29, 0.717) is 4.90 Å². The third-order valence-corrected chi connectivity index (χ3v) is 4.93. The Labute approximate surface area is 123 Å². The predicted molar refractivity (Wildman–Crippen MR) is 84.2 cm³/mol. The van der Waals surface area contributed by atoms with Crippen LogP contribution in [0.1, 0.15) is 39.2 Å². The van der Waals surface area contributed by atoms with Gasteiger partial charge in [0.1, 0.15) is 0 Å². The molecular formula is C16H25NO2S. The normalized spacial score (nSPS) is 15.4. The van der Waals surface area contributed by atoms with E-state index in [9.17, 15) is 8.42 Å². The number of unbranched alkanes of at least 4 members (excludes halogenated alkanes) is 1. The number of hydrogen-bond donors (Lipinski definition) is 1. The van der Waals surface area contributed by atoms with Gasteiger partial charge in [-0.1, -0.05) is 50.1 Å². The molecule has 0 aliphatic rings. The number of allylic oxidation sites excluding steroid dienone is 1. The molecule has 0 saturated carbocycles. The summed E-state index contributed by atoms with van der Waals surface area (Å²) in [5.41, 5.74) is 1.05. The summed E-state index contributed by atoms with van der Waals surface area (Å²) in [6.45, 7) is 7.98. The van der Waals surface area contributed by atoms with Gasteiger partial charge >= 0.3 is 0 Å². The van der Waals surface area contributed by atoms with Gasteiger partial charge in [-0.25, -0.2) is 13.1 Å². The fraction of sp³-hybridized carbons (Fsp3) is 0.500. The molecule has 0 aliphatic heterocycles. The molecule has 0 radical (unpaired) electrons. The summed E-state index contributed by atoms with van der Waals surface area (Å²) in [6.07, 6.45) is 6.32. The summed E-state index contributed by atoms with van der Waals surface area (Å²) in [4.78, 5) is 0.319. The molecule has 1 N–H and O–H groups in total. The largest absolute Gasteiger partial charge is 0.240 e. The SMILES string of the molecule is CCC/C=C\[C@@H](C)[C@H](C)NS(=O)(=O)c1ccc(C)cc1. The minimum atomic E-state index is -3.44. The zero-order valence-corrected chi connectivity index (χ0v) is 13.6. The van der Waals surface area contributed by atoms with Crippen molar-refractivity contribution < 1.29 is 8.42 Å². The van der Waals surface area contributed by atoms with Crippen LogP contribution in [0.5, 0.6) is 0 Å². The Bertz CT molecular complexity index is 532. The van der Waals surface area contributed by atoms with Crippen molar-refractivity contribution in [3.8, 4) is 0 Å². The molecule has 0 unspecified atom stereocenters. The first-order valence-corrected chi connectivity index (χ1v) is 8.60. The van der Waals surface area contributed by atoms with Crippen molar-refractivity contribution in [2.45, 2.75) is 51.5 Å².